The smallest absolute Gasteiger partial charge is 0.260 e. The van der Waals surface area contributed by atoms with Gasteiger partial charge >= 0.3 is 0 Å². The van der Waals surface area contributed by atoms with E-state index < -0.39 is 0 Å². The summed E-state index contributed by atoms with van der Waals surface area (Å²) >= 11 is 0. The van der Waals surface area contributed by atoms with Crippen molar-refractivity contribution in [2.24, 2.45) is 5.92 Å². The first kappa shape index (κ1) is 22.9. The molecule has 1 aromatic carbocycles. The first-order valence-corrected chi connectivity index (χ1v) is 12.9. The molecular formula is C26H35N5O3. The van der Waals surface area contributed by atoms with Crippen LogP contribution in [0.4, 0.5) is 0 Å². The van der Waals surface area contributed by atoms with Crippen molar-refractivity contribution in [3.63, 3.8) is 0 Å². The number of piperidine rings is 2. The van der Waals surface area contributed by atoms with Gasteiger partial charge in [-0.3, -0.25) is 9.59 Å². The molecule has 0 saturated carbocycles. The highest BCUT2D eigenvalue weighted by Gasteiger charge is 2.34. The SMILES string of the molecule is O=C(COc1ccccc1)N1CCC(C(=O)N2CCCC(c3nnc4n3CCCCC4)C2)CC1. The summed E-state index contributed by atoms with van der Waals surface area (Å²) < 4.78 is 7.93. The number of aromatic nitrogens is 3. The van der Waals surface area contributed by atoms with Gasteiger partial charge in [-0.05, 0) is 50.7 Å². The lowest BCUT2D eigenvalue weighted by atomic mass is 9.91. The van der Waals surface area contributed by atoms with Gasteiger partial charge in [0.2, 0.25) is 5.91 Å². The van der Waals surface area contributed by atoms with Crippen LogP contribution in [0.1, 0.15) is 62.5 Å². The van der Waals surface area contributed by atoms with E-state index in [0.29, 0.717) is 18.8 Å². The summed E-state index contributed by atoms with van der Waals surface area (Å²) in [5.74, 6) is 3.39. The number of ether oxygens (including phenoxy) is 1. The quantitative estimate of drug-likeness (QED) is 0.678. The number of para-hydroxylation sites is 1. The Labute approximate surface area is 201 Å². The number of benzene rings is 1. The number of rotatable bonds is 5. The Morgan fingerprint density at radius 3 is 2.53 bits per heavy atom. The van der Waals surface area contributed by atoms with E-state index in [1.54, 1.807) is 0 Å². The Kier molecular flexibility index (Phi) is 7.11. The average Bonchev–Trinajstić information content (AvgIpc) is 3.15. The summed E-state index contributed by atoms with van der Waals surface area (Å²) in [6, 6.07) is 9.40. The van der Waals surface area contributed by atoms with Gasteiger partial charge in [0, 0.05) is 51.0 Å². The van der Waals surface area contributed by atoms with Crippen molar-refractivity contribution >= 4 is 11.8 Å². The van der Waals surface area contributed by atoms with Gasteiger partial charge in [-0.1, -0.05) is 24.6 Å². The Bertz CT molecular complexity index is 984. The molecule has 2 amide bonds. The van der Waals surface area contributed by atoms with Gasteiger partial charge in [0.05, 0.1) is 0 Å². The van der Waals surface area contributed by atoms with E-state index in [9.17, 15) is 9.59 Å². The normalized spacial score (nSPS) is 21.6. The van der Waals surface area contributed by atoms with Crippen molar-refractivity contribution in [1.82, 2.24) is 24.6 Å². The molecule has 0 N–H and O–H groups in total. The number of likely N-dealkylation sites (tertiary alicyclic amines) is 2. The van der Waals surface area contributed by atoms with Crippen LogP contribution in [0.3, 0.4) is 0 Å². The number of aryl methyl sites for hydroxylation is 1. The lowest BCUT2D eigenvalue weighted by molar-refractivity contribution is -0.142. The number of carbonyl (C=O) groups excluding carboxylic acids is 2. The minimum Gasteiger partial charge on any atom is -0.484 e. The molecule has 4 heterocycles. The van der Waals surface area contributed by atoms with Crippen molar-refractivity contribution in [3.05, 3.63) is 42.0 Å². The van der Waals surface area contributed by atoms with Crippen LogP contribution in [0, 0.1) is 5.92 Å². The molecule has 2 aromatic rings. The highest BCUT2D eigenvalue weighted by molar-refractivity contribution is 5.81. The molecule has 1 atom stereocenters. The highest BCUT2D eigenvalue weighted by Crippen LogP contribution is 2.30. The van der Waals surface area contributed by atoms with E-state index in [4.69, 9.17) is 4.74 Å². The first-order chi connectivity index (χ1) is 16.7. The second-order valence-electron chi connectivity index (χ2n) is 9.82. The molecule has 8 heteroatoms. The molecule has 0 spiro atoms. The molecule has 0 bridgehead atoms. The standard InChI is InChI=1S/C26H35N5O3/c32-24(19-34-22-9-3-1-4-10-22)29-16-12-20(13-17-29)26(33)30-14-7-8-21(18-30)25-28-27-23-11-5-2-6-15-31(23)25/h1,3-4,9-10,20-21H,2,5-8,11-19H2. The number of hydrogen-bond donors (Lipinski definition) is 0. The molecule has 0 aliphatic carbocycles. The van der Waals surface area contributed by atoms with E-state index in [-0.39, 0.29) is 30.3 Å². The van der Waals surface area contributed by atoms with Crippen molar-refractivity contribution in [1.29, 1.82) is 0 Å². The Morgan fingerprint density at radius 1 is 0.882 bits per heavy atom. The molecule has 2 fully saturated rings. The van der Waals surface area contributed by atoms with Crippen molar-refractivity contribution in [3.8, 4) is 5.75 Å². The number of fused-ring (bicyclic) bond motifs is 1. The number of nitrogens with zero attached hydrogens (tertiary/aromatic N) is 5. The summed E-state index contributed by atoms with van der Waals surface area (Å²) in [5, 5.41) is 9.03. The fourth-order valence-electron chi connectivity index (χ4n) is 5.58. The molecule has 2 saturated heterocycles. The fourth-order valence-corrected chi connectivity index (χ4v) is 5.58. The summed E-state index contributed by atoms with van der Waals surface area (Å²) in [4.78, 5) is 29.8. The molecule has 1 unspecified atom stereocenters. The maximum absolute atomic E-state index is 13.4. The lowest BCUT2D eigenvalue weighted by Crippen LogP contribution is -2.47. The maximum Gasteiger partial charge on any atom is 0.260 e. The largest absolute Gasteiger partial charge is 0.484 e. The lowest BCUT2D eigenvalue weighted by Gasteiger charge is -2.37. The molecule has 182 valence electrons. The molecule has 3 aliphatic heterocycles. The van der Waals surface area contributed by atoms with Gasteiger partial charge in [-0.15, -0.1) is 10.2 Å². The Hall–Kier alpha value is -2.90. The summed E-state index contributed by atoms with van der Waals surface area (Å²) in [6.07, 6.45) is 8.14. The third-order valence-electron chi connectivity index (χ3n) is 7.54. The molecule has 5 rings (SSSR count). The van der Waals surface area contributed by atoms with Gasteiger partial charge in [-0.25, -0.2) is 0 Å². The Morgan fingerprint density at radius 2 is 1.71 bits per heavy atom. The molecular weight excluding hydrogens is 430 g/mol. The molecule has 34 heavy (non-hydrogen) atoms. The van der Waals surface area contributed by atoms with Crippen LogP contribution in [-0.4, -0.2) is 69.2 Å². The van der Waals surface area contributed by atoms with Crippen LogP contribution in [-0.2, 0) is 22.6 Å². The summed E-state index contributed by atoms with van der Waals surface area (Å²) in [6.45, 7) is 3.83. The second kappa shape index (κ2) is 10.6. The highest BCUT2D eigenvalue weighted by atomic mass is 16.5. The van der Waals surface area contributed by atoms with Gasteiger partial charge < -0.3 is 19.1 Å². The zero-order valence-electron chi connectivity index (χ0n) is 19.9. The van der Waals surface area contributed by atoms with Crippen molar-refractivity contribution in [2.45, 2.75) is 63.8 Å². The van der Waals surface area contributed by atoms with Crippen LogP contribution in [0.25, 0.3) is 0 Å². The van der Waals surface area contributed by atoms with Crippen LogP contribution >= 0.6 is 0 Å². The van der Waals surface area contributed by atoms with E-state index in [2.05, 4.69) is 14.8 Å². The number of hydrogen-bond acceptors (Lipinski definition) is 5. The summed E-state index contributed by atoms with van der Waals surface area (Å²) in [5.41, 5.74) is 0. The second-order valence-corrected chi connectivity index (χ2v) is 9.82. The number of amides is 2. The van der Waals surface area contributed by atoms with Crippen LogP contribution in [0.15, 0.2) is 30.3 Å². The van der Waals surface area contributed by atoms with E-state index in [1.807, 2.05) is 40.1 Å². The van der Waals surface area contributed by atoms with Crippen LogP contribution in [0.5, 0.6) is 5.75 Å². The average molecular weight is 466 g/mol. The zero-order valence-corrected chi connectivity index (χ0v) is 19.9. The maximum atomic E-state index is 13.4. The summed E-state index contributed by atoms with van der Waals surface area (Å²) in [7, 11) is 0. The van der Waals surface area contributed by atoms with Crippen molar-refractivity contribution in [2.75, 3.05) is 32.8 Å². The van der Waals surface area contributed by atoms with Crippen molar-refractivity contribution < 1.29 is 14.3 Å². The topological polar surface area (TPSA) is 80.6 Å². The monoisotopic (exact) mass is 465 g/mol. The molecule has 3 aliphatic rings. The van der Waals surface area contributed by atoms with Gasteiger partial charge in [0.15, 0.2) is 6.61 Å². The van der Waals surface area contributed by atoms with Crippen LogP contribution in [0.2, 0.25) is 0 Å². The third kappa shape index (κ3) is 5.10. The predicted octanol–water partition coefficient (Wildman–Crippen LogP) is 3.03. The zero-order chi connectivity index (χ0) is 23.3. The Balaban J connectivity index is 1.13. The minimum absolute atomic E-state index is 0.00615. The third-order valence-corrected chi connectivity index (χ3v) is 7.54. The molecule has 0 radical (unpaired) electrons. The minimum atomic E-state index is -0.0136. The van der Waals surface area contributed by atoms with E-state index in [1.165, 1.54) is 19.3 Å². The van der Waals surface area contributed by atoms with Crippen LogP contribution < -0.4 is 4.74 Å². The van der Waals surface area contributed by atoms with Gasteiger partial charge in [0.1, 0.15) is 17.4 Å². The number of carbonyl (C=O) groups is 2. The van der Waals surface area contributed by atoms with E-state index >= 15 is 0 Å². The fraction of sp³-hybridized carbons (Fsp3) is 0.615. The van der Waals surface area contributed by atoms with E-state index in [0.717, 1.165) is 63.4 Å². The predicted molar refractivity (Wildman–Crippen MR) is 127 cm³/mol. The van der Waals surface area contributed by atoms with Gasteiger partial charge in [0.25, 0.3) is 5.91 Å². The van der Waals surface area contributed by atoms with Gasteiger partial charge in [-0.2, -0.15) is 0 Å². The first-order valence-electron chi connectivity index (χ1n) is 12.9. The molecule has 8 nitrogen and oxygen atoms in total. The molecule has 1 aromatic heterocycles.